The molecule has 0 fully saturated rings. The van der Waals surface area contributed by atoms with Crippen molar-refractivity contribution in [1.29, 1.82) is 0 Å². The average Bonchev–Trinajstić information content (AvgIpc) is 2.82. The van der Waals surface area contributed by atoms with Crippen LogP contribution in [0.5, 0.6) is 5.75 Å². The van der Waals surface area contributed by atoms with Gasteiger partial charge in [0.05, 0.1) is 11.3 Å². The van der Waals surface area contributed by atoms with Gasteiger partial charge in [-0.25, -0.2) is 0 Å². The van der Waals surface area contributed by atoms with E-state index in [1.165, 1.54) is 5.56 Å². The Hall–Kier alpha value is -3.60. The zero-order valence-corrected chi connectivity index (χ0v) is 17.9. The first-order valence-electron chi connectivity index (χ1n) is 10.5. The molecule has 0 saturated heterocycles. The van der Waals surface area contributed by atoms with E-state index in [-0.39, 0.29) is 18.4 Å². The van der Waals surface area contributed by atoms with Crippen LogP contribution < -0.4 is 15.4 Å². The van der Waals surface area contributed by atoms with Crippen LogP contribution in [0.2, 0.25) is 0 Å². The molecule has 2 N–H and O–H groups in total. The lowest BCUT2D eigenvalue weighted by molar-refractivity contribution is -0.118. The number of benzene rings is 3. The van der Waals surface area contributed by atoms with Crippen molar-refractivity contribution < 1.29 is 14.3 Å². The van der Waals surface area contributed by atoms with Crippen molar-refractivity contribution in [3.05, 3.63) is 95.6 Å². The molecule has 3 aromatic rings. The molecule has 2 amide bonds. The van der Waals surface area contributed by atoms with Crippen molar-refractivity contribution in [2.24, 2.45) is 0 Å². The molecular formula is C26H28N2O3. The van der Waals surface area contributed by atoms with Gasteiger partial charge in [0.25, 0.3) is 11.8 Å². The topological polar surface area (TPSA) is 67.4 Å². The van der Waals surface area contributed by atoms with Crippen LogP contribution in [0.1, 0.15) is 47.7 Å². The minimum absolute atomic E-state index is 0.136. The number of carbonyl (C=O) groups excluding carboxylic acids is 2. The van der Waals surface area contributed by atoms with Crippen LogP contribution in [0, 0.1) is 0 Å². The average molecular weight is 417 g/mol. The van der Waals surface area contributed by atoms with E-state index in [4.69, 9.17) is 4.74 Å². The maximum atomic E-state index is 12.6. The Morgan fingerprint density at radius 1 is 0.903 bits per heavy atom. The molecule has 0 aliphatic carbocycles. The molecule has 0 heterocycles. The summed E-state index contributed by atoms with van der Waals surface area (Å²) in [6.07, 6.45) is 1.07. The Kier molecular flexibility index (Phi) is 7.82. The molecule has 0 radical (unpaired) electrons. The van der Waals surface area contributed by atoms with Gasteiger partial charge in [0.15, 0.2) is 6.61 Å². The van der Waals surface area contributed by atoms with Crippen LogP contribution >= 0.6 is 0 Å². The molecular weight excluding hydrogens is 388 g/mol. The summed E-state index contributed by atoms with van der Waals surface area (Å²) in [5.74, 6) is 0.550. The van der Waals surface area contributed by atoms with Gasteiger partial charge in [-0.3, -0.25) is 9.59 Å². The van der Waals surface area contributed by atoms with Gasteiger partial charge in [-0.05, 0) is 47.7 Å². The molecule has 0 saturated carbocycles. The normalized spacial score (nSPS) is 11.4. The minimum Gasteiger partial charge on any atom is -0.484 e. The van der Waals surface area contributed by atoms with E-state index in [1.54, 1.807) is 24.3 Å². The third-order valence-corrected chi connectivity index (χ3v) is 5.17. The molecule has 5 heteroatoms. The number of carbonyl (C=O) groups is 2. The van der Waals surface area contributed by atoms with Gasteiger partial charge < -0.3 is 15.4 Å². The number of nitrogens with one attached hydrogen (secondary N) is 2. The summed E-state index contributed by atoms with van der Waals surface area (Å²) in [4.78, 5) is 25.0. The molecule has 3 aromatic carbocycles. The number of hydrogen-bond acceptors (Lipinski definition) is 3. The summed E-state index contributed by atoms with van der Waals surface area (Å²) in [6, 6.07) is 24.4. The third kappa shape index (κ3) is 6.44. The van der Waals surface area contributed by atoms with Crippen LogP contribution in [0.4, 0.5) is 5.69 Å². The number of anilines is 1. The number of amides is 2. The first kappa shape index (κ1) is 22.1. The maximum Gasteiger partial charge on any atom is 0.262 e. The summed E-state index contributed by atoms with van der Waals surface area (Å²) in [7, 11) is 0. The van der Waals surface area contributed by atoms with Crippen LogP contribution in [-0.2, 0) is 11.3 Å². The van der Waals surface area contributed by atoms with E-state index in [0.29, 0.717) is 29.5 Å². The van der Waals surface area contributed by atoms with Crippen molar-refractivity contribution in [3.8, 4) is 5.75 Å². The van der Waals surface area contributed by atoms with Crippen molar-refractivity contribution in [1.82, 2.24) is 5.32 Å². The fraction of sp³-hybridized carbons (Fsp3) is 0.231. The molecule has 5 nitrogen and oxygen atoms in total. The molecule has 0 unspecified atom stereocenters. The highest BCUT2D eigenvalue weighted by atomic mass is 16.5. The summed E-state index contributed by atoms with van der Waals surface area (Å²) in [5.41, 5.74) is 3.11. The Morgan fingerprint density at radius 2 is 1.58 bits per heavy atom. The van der Waals surface area contributed by atoms with Crippen LogP contribution in [0.15, 0.2) is 78.9 Å². The monoisotopic (exact) mass is 416 g/mol. The first-order chi connectivity index (χ1) is 15.1. The van der Waals surface area contributed by atoms with E-state index in [1.807, 2.05) is 54.6 Å². The predicted molar refractivity (Wildman–Crippen MR) is 123 cm³/mol. The van der Waals surface area contributed by atoms with Crippen LogP contribution in [0.3, 0.4) is 0 Å². The second-order valence-corrected chi connectivity index (χ2v) is 7.43. The van der Waals surface area contributed by atoms with Gasteiger partial charge >= 0.3 is 0 Å². The summed E-state index contributed by atoms with van der Waals surface area (Å²) < 4.78 is 5.60. The van der Waals surface area contributed by atoms with Crippen molar-refractivity contribution in [2.75, 3.05) is 11.9 Å². The molecule has 0 aliphatic rings. The largest absolute Gasteiger partial charge is 0.484 e. The number of para-hydroxylation sites is 1. The van der Waals surface area contributed by atoms with E-state index < -0.39 is 0 Å². The quantitative estimate of drug-likeness (QED) is 0.507. The summed E-state index contributed by atoms with van der Waals surface area (Å²) in [5, 5.41) is 5.66. The van der Waals surface area contributed by atoms with Gasteiger partial charge in [-0.15, -0.1) is 0 Å². The van der Waals surface area contributed by atoms with Gasteiger partial charge in [0.2, 0.25) is 0 Å². The lowest BCUT2D eigenvalue weighted by Crippen LogP contribution is -2.26. The van der Waals surface area contributed by atoms with Gasteiger partial charge in [-0.1, -0.05) is 68.4 Å². The van der Waals surface area contributed by atoms with E-state index in [0.717, 1.165) is 12.0 Å². The minimum atomic E-state index is -0.325. The second kappa shape index (κ2) is 11.0. The van der Waals surface area contributed by atoms with E-state index in [2.05, 4.69) is 24.5 Å². The standard InChI is InChI=1S/C26H28N2O3/c1-3-19(2)21-13-15-22(16-14-21)31-18-25(29)28-24-12-8-7-11-23(24)26(30)27-17-20-9-5-4-6-10-20/h4-16,19H,3,17-18H2,1-2H3,(H,27,30)(H,28,29)/t19-/m0/s1. The Labute approximate surface area is 183 Å². The van der Waals surface area contributed by atoms with E-state index in [9.17, 15) is 9.59 Å². The fourth-order valence-electron chi connectivity index (χ4n) is 3.13. The van der Waals surface area contributed by atoms with Gasteiger partial charge in [0.1, 0.15) is 5.75 Å². The van der Waals surface area contributed by atoms with Crippen molar-refractivity contribution in [2.45, 2.75) is 32.7 Å². The fourth-order valence-corrected chi connectivity index (χ4v) is 3.13. The summed E-state index contributed by atoms with van der Waals surface area (Å²) in [6.45, 7) is 4.61. The Bertz CT molecular complexity index is 1000. The molecule has 0 aliphatic heterocycles. The van der Waals surface area contributed by atoms with Crippen LogP contribution in [-0.4, -0.2) is 18.4 Å². The molecule has 3 rings (SSSR count). The lowest BCUT2D eigenvalue weighted by Gasteiger charge is -2.13. The smallest absolute Gasteiger partial charge is 0.262 e. The maximum absolute atomic E-state index is 12.6. The van der Waals surface area contributed by atoms with Crippen LogP contribution in [0.25, 0.3) is 0 Å². The second-order valence-electron chi connectivity index (χ2n) is 7.43. The Balaban J connectivity index is 1.56. The molecule has 31 heavy (non-hydrogen) atoms. The number of rotatable bonds is 9. The van der Waals surface area contributed by atoms with Crippen molar-refractivity contribution in [3.63, 3.8) is 0 Å². The van der Waals surface area contributed by atoms with Gasteiger partial charge in [0, 0.05) is 6.54 Å². The first-order valence-corrected chi connectivity index (χ1v) is 10.5. The number of hydrogen-bond donors (Lipinski definition) is 2. The summed E-state index contributed by atoms with van der Waals surface area (Å²) >= 11 is 0. The zero-order chi connectivity index (χ0) is 22.1. The highest BCUT2D eigenvalue weighted by Crippen LogP contribution is 2.21. The molecule has 1 atom stereocenters. The molecule has 0 bridgehead atoms. The van der Waals surface area contributed by atoms with Crippen molar-refractivity contribution >= 4 is 17.5 Å². The SMILES string of the molecule is CC[C@H](C)c1ccc(OCC(=O)Nc2ccccc2C(=O)NCc2ccccc2)cc1. The third-order valence-electron chi connectivity index (χ3n) is 5.17. The van der Waals surface area contributed by atoms with Gasteiger partial charge in [-0.2, -0.15) is 0 Å². The highest BCUT2D eigenvalue weighted by Gasteiger charge is 2.13. The zero-order valence-electron chi connectivity index (χ0n) is 17.9. The molecule has 160 valence electrons. The van der Waals surface area contributed by atoms with E-state index >= 15 is 0 Å². The predicted octanol–water partition coefficient (Wildman–Crippen LogP) is 5.15. The number of ether oxygens (including phenoxy) is 1. The molecule has 0 aromatic heterocycles. The molecule has 0 spiro atoms. The highest BCUT2D eigenvalue weighted by molar-refractivity contribution is 6.04. The Morgan fingerprint density at radius 3 is 2.29 bits per heavy atom. The lowest BCUT2D eigenvalue weighted by atomic mass is 9.99.